The molecule has 2 unspecified atom stereocenters. The number of alkyl halides is 3. The van der Waals surface area contributed by atoms with E-state index in [1.54, 1.807) is 0 Å². The number of aliphatic hydroxyl groups is 1. The Kier molecular flexibility index (Phi) is 7.37. The Labute approximate surface area is 178 Å². The van der Waals surface area contributed by atoms with Crippen LogP contribution in [0, 0.1) is 6.92 Å². The molecule has 0 amide bonds. The van der Waals surface area contributed by atoms with Crippen LogP contribution >= 0.6 is 0 Å². The summed E-state index contributed by atoms with van der Waals surface area (Å²) in [7, 11) is 0. The second-order valence-electron chi connectivity index (χ2n) is 7.29. The Balaban J connectivity index is 1.54. The highest BCUT2D eigenvalue weighted by molar-refractivity contribution is 5.80. The van der Waals surface area contributed by atoms with Crippen LogP contribution in [-0.4, -0.2) is 51.6 Å². The number of hydrogen-bond donors (Lipinski definition) is 3. The molecular weight excluding hydrogens is 413 g/mol. The van der Waals surface area contributed by atoms with Crippen LogP contribution in [0.4, 0.5) is 13.2 Å². The van der Waals surface area contributed by atoms with Gasteiger partial charge in [-0.15, -0.1) is 0 Å². The van der Waals surface area contributed by atoms with Crippen LogP contribution in [0.1, 0.15) is 43.0 Å². The molecule has 11 heteroatoms. The zero-order valence-corrected chi connectivity index (χ0v) is 17.5. The van der Waals surface area contributed by atoms with Crippen molar-refractivity contribution in [1.29, 1.82) is 0 Å². The van der Waals surface area contributed by atoms with Gasteiger partial charge in [0.15, 0.2) is 5.96 Å². The lowest BCUT2D eigenvalue weighted by Crippen LogP contribution is -2.42. The quantitative estimate of drug-likeness (QED) is 0.452. The van der Waals surface area contributed by atoms with Crippen LogP contribution in [0.2, 0.25) is 0 Å². The summed E-state index contributed by atoms with van der Waals surface area (Å²) in [5.74, 6) is 2.37. The third-order valence-electron chi connectivity index (χ3n) is 4.72. The van der Waals surface area contributed by atoms with E-state index in [4.69, 9.17) is 4.74 Å². The number of hydrogen-bond acceptors (Lipinski definition) is 5. The SMILES string of the molecule is CCNC(=NCC(O)COc1ccc(C(F)(F)F)cc1)NC1CCCn2nc(C)nc21. The summed E-state index contributed by atoms with van der Waals surface area (Å²) in [5.41, 5.74) is -0.750. The van der Waals surface area contributed by atoms with Crippen molar-refractivity contribution in [3.05, 3.63) is 41.5 Å². The number of rotatable bonds is 7. The van der Waals surface area contributed by atoms with E-state index in [0.717, 1.165) is 43.2 Å². The molecule has 0 bridgehead atoms. The first-order chi connectivity index (χ1) is 14.8. The topological polar surface area (TPSA) is 96.6 Å². The van der Waals surface area contributed by atoms with Gasteiger partial charge in [-0.25, -0.2) is 9.67 Å². The summed E-state index contributed by atoms with van der Waals surface area (Å²) < 4.78 is 45.1. The molecule has 3 rings (SSSR count). The number of nitrogens with one attached hydrogen (secondary N) is 2. The predicted octanol–water partition coefficient (Wildman–Crippen LogP) is 2.44. The molecule has 1 aliphatic heterocycles. The summed E-state index contributed by atoms with van der Waals surface area (Å²) in [6, 6.07) is 4.31. The van der Waals surface area contributed by atoms with Gasteiger partial charge in [-0.1, -0.05) is 0 Å². The van der Waals surface area contributed by atoms with Crippen molar-refractivity contribution in [3.8, 4) is 5.75 Å². The molecule has 0 fully saturated rings. The van der Waals surface area contributed by atoms with Crippen molar-refractivity contribution in [2.75, 3.05) is 19.7 Å². The lowest BCUT2D eigenvalue weighted by Gasteiger charge is -2.25. The zero-order valence-electron chi connectivity index (χ0n) is 17.5. The minimum atomic E-state index is -4.40. The van der Waals surface area contributed by atoms with Crippen LogP contribution in [-0.2, 0) is 12.7 Å². The lowest BCUT2D eigenvalue weighted by molar-refractivity contribution is -0.137. The van der Waals surface area contributed by atoms with E-state index >= 15 is 0 Å². The summed E-state index contributed by atoms with van der Waals surface area (Å²) >= 11 is 0. The van der Waals surface area contributed by atoms with Crippen molar-refractivity contribution in [1.82, 2.24) is 25.4 Å². The van der Waals surface area contributed by atoms with Crippen molar-refractivity contribution < 1.29 is 23.0 Å². The van der Waals surface area contributed by atoms with Crippen LogP contribution in [0.3, 0.4) is 0 Å². The first kappa shape index (κ1) is 22.9. The maximum Gasteiger partial charge on any atom is 0.416 e. The van der Waals surface area contributed by atoms with Gasteiger partial charge in [-0.2, -0.15) is 18.3 Å². The summed E-state index contributed by atoms with van der Waals surface area (Å²) in [4.78, 5) is 8.90. The average Bonchev–Trinajstić information content (AvgIpc) is 3.11. The van der Waals surface area contributed by atoms with E-state index in [2.05, 4.69) is 25.7 Å². The molecule has 0 spiro atoms. The van der Waals surface area contributed by atoms with E-state index < -0.39 is 17.8 Å². The zero-order chi connectivity index (χ0) is 22.4. The third-order valence-corrected chi connectivity index (χ3v) is 4.72. The summed E-state index contributed by atoms with van der Waals surface area (Å²) in [6.45, 7) is 5.24. The number of ether oxygens (including phenoxy) is 1. The molecule has 2 aromatic rings. The minimum Gasteiger partial charge on any atom is -0.491 e. The molecule has 170 valence electrons. The Hall–Kier alpha value is -2.82. The van der Waals surface area contributed by atoms with Gasteiger partial charge in [0.25, 0.3) is 0 Å². The molecule has 1 aromatic carbocycles. The monoisotopic (exact) mass is 440 g/mol. The molecule has 8 nitrogen and oxygen atoms in total. The van der Waals surface area contributed by atoms with Crippen molar-refractivity contribution in [3.63, 3.8) is 0 Å². The van der Waals surface area contributed by atoms with E-state index in [9.17, 15) is 18.3 Å². The van der Waals surface area contributed by atoms with E-state index in [1.807, 2.05) is 18.5 Å². The van der Waals surface area contributed by atoms with Gasteiger partial charge < -0.3 is 20.5 Å². The Morgan fingerprint density at radius 1 is 1.35 bits per heavy atom. The van der Waals surface area contributed by atoms with Gasteiger partial charge in [-0.05, 0) is 51.0 Å². The van der Waals surface area contributed by atoms with Crippen LogP contribution in [0.15, 0.2) is 29.3 Å². The second kappa shape index (κ2) is 9.99. The number of guanidine groups is 1. The Morgan fingerprint density at radius 2 is 2.10 bits per heavy atom. The van der Waals surface area contributed by atoms with Crippen LogP contribution in [0.25, 0.3) is 0 Å². The van der Waals surface area contributed by atoms with E-state index in [-0.39, 0.29) is 24.9 Å². The molecule has 31 heavy (non-hydrogen) atoms. The smallest absolute Gasteiger partial charge is 0.416 e. The van der Waals surface area contributed by atoms with Gasteiger partial charge in [0.2, 0.25) is 0 Å². The minimum absolute atomic E-state index is 0.0340. The van der Waals surface area contributed by atoms with Gasteiger partial charge in [0.1, 0.15) is 30.1 Å². The number of aromatic nitrogens is 3. The molecule has 1 aromatic heterocycles. The molecule has 1 aliphatic rings. The molecular formula is C20H27F3N6O2. The summed E-state index contributed by atoms with van der Waals surface area (Å²) in [6.07, 6.45) is -3.46. The average molecular weight is 440 g/mol. The Bertz CT molecular complexity index is 882. The molecule has 0 radical (unpaired) electrons. The van der Waals surface area contributed by atoms with Crippen molar-refractivity contribution in [2.24, 2.45) is 4.99 Å². The second-order valence-corrected chi connectivity index (χ2v) is 7.29. The lowest BCUT2D eigenvalue weighted by atomic mass is 10.1. The molecule has 0 saturated carbocycles. The van der Waals surface area contributed by atoms with E-state index in [0.29, 0.717) is 12.5 Å². The standard InChI is InChI=1S/C20H27F3N6O2/c1-3-24-19(27-17-5-4-10-29-18(17)26-13(2)28-29)25-11-15(30)12-31-16-8-6-14(7-9-16)20(21,22)23/h6-9,15,17,30H,3-5,10-12H2,1-2H3,(H2,24,25,27). The van der Waals surface area contributed by atoms with Crippen LogP contribution in [0.5, 0.6) is 5.75 Å². The number of aryl methyl sites for hydroxylation is 2. The maximum absolute atomic E-state index is 12.6. The van der Waals surface area contributed by atoms with Gasteiger partial charge in [0.05, 0.1) is 18.2 Å². The molecule has 2 atom stereocenters. The molecule has 2 heterocycles. The first-order valence-corrected chi connectivity index (χ1v) is 10.2. The molecule has 0 saturated heterocycles. The Morgan fingerprint density at radius 3 is 2.77 bits per heavy atom. The van der Waals surface area contributed by atoms with Gasteiger partial charge in [0, 0.05) is 13.1 Å². The van der Waals surface area contributed by atoms with Gasteiger partial charge in [-0.3, -0.25) is 4.99 Å². The summed E-state index contributed by atoms with van der Waals surface area (Å²) in [5, 5.41) is 21.0. The number of fused-ring (bicyclic) bond motifs is 1. The normalized spacial score (nSPS) is 17.7. The van der Waals surface area contributed by atoms with Crippen molar-refractivity contribution >= 4 is 5.96 Å². The van der Waals surface area contributed by atoms with E-state index in [1.165, 1.54) is 12.1 Å². The largest absolute Gasteiger partial charge is 0.491 e. The first-order valence-electron chi connectivity index (χ1n) is 10.2. The fourth-order valence-electron chi connectivity index (χ4n) is 3.27. The highest BCUT2D eigenvalue weighted by atomic mass is 19.4. The highest BCUT2D eigenvalue weighted by Crippen LogP contribution is 2.30. The maximum atomic E-state index is 12.6. The van der Waals surface area contributed by atoms with Gasteiger partial charge >= 0.3 is 6.18 Å². The number of halogens is 3. The third kappa shape index (κ3) is 6.33. The molecule has 0 aliphatic carbocycles. The fourth-order valence-corrected chi connectivity index (χ4v) is 3.27. The van der Waals surface area contributed by atoms with Crippen molar-refractivity contribution in [2.45, 2.75) is 51.6 Å². The fraction of sp³-hybridized carbons (Fsp3) is 0.550. The number of benzene rings is 1. The molecule has 3 N–H and O–H groups in total. The number of aliphatic hydroxyl groups excluding tert-OH is 1. The van der Waals surface area contributed by atoms with Crippen LogP contribution < -0.4 is 15.4 Å². The highest BCUT2D eigenvalue weighted by Gasteiger charge is 2.30. The predicted molar refractivity (Wildman–Crippen MR) is 109 cm³/mol. The number of nitrogens with zero attached hydrogens (tertiary/aromatic N) is 4. The number of aliphatic imine (C=N–C) groups is 1.